The molecule has 1 aliphatic rings. The number of esters is 1. The Morgan fingerprint density at radius 3 is 2.76 bits per heavy atom. The number of hydrogen-bond acceptors (Lipinski definition) is 5. The van der Waals surface area contributed by atoms with Gasteiger partial charge in [-0.2, -0.15) is 0 Å². The van der Waals surface area contributed by atoms with Crippen molar-refractivity contribution in [1.82, 2.24) is 14.5 Å². The fraction of sp³-hybridized carbons (Fsp3) is 0.444. The first kappa shape index (κ1) is 17.1. The number of ether oxygens (including phenoxy) is 1. The lowest BCUT2D eigenvalue weighted by Crippen LogP contribution is -2.34. The second kappa shape index (κ2) is 7.04. The van der Waals surface area contributed by atoms with Crippen molar-refractivity contribution in [2.24, 2.45) is 0 Å². The van der Waals surface area contributed by atoms with Crippen LogP contribution in [0.4, 0.5) is 0 Å². The van der Waals surface area contributed by atoms with Gasteiger partial charge in [-0.25, -0.2) is 9.78 Å². The van der Waals surface area contributed by atoms with Crippen LogP contribution in [-0.4, -0.2) is 46.0 Å². The van der Waals surface area contributed by atoms with Gasteiger partial charge in [0, 0.05) is 26.1 Å². The SMILES string of the molecule is CCN(CC)C(=O)COC(=O)c1ccc2c(=O)n3c(nc2c1)CCC3. The Bertz CT molecular complexity index is 884. The lowest BCUT2D eigenvalue weighted by atomic mass is 10.1. The van der Waals surface area contributed by atoms with Crippen molar-refractivity contribution in [2.45, 2.75) is 33.2 Å². The highest BCUT2D eigenvalue weighted by atomic mass is 16.5. The van der Waals surface area contributed by atoms with Crippen LogP contribution < -0.4 is 5.56 Å². The van der Waals surface area contributed by atoms with Gasteiger partial charge < -0.3 is 9.64 Å². The normalized spacial score (nSPS) is 12.9. The van der Waals surface area contributed by atoms with Gasteiger partial charge in [-0.05, 0) is 38.5 Å². The largest absolute Gasteiger partial charge is 0.452 e. The van der Waals surface area contributed by atoms with E-state index in [4.69, 9.17) is 4.74 Å². The molecule has 1 amide bonds. The van der Waals surface area contributed by atoms with Crippen molar-refractivity contribution in [1.29, 1.82) is 0 Å². The summed E-state index contributed by atoms with van der Waals surface area (Å²) in [6.07, 6.45) is 1.67. The molecule has 7 heteroatoms. The van der Waals surface area contributed by atoms with Gasteiger partial charge in [-0.1, -0.05) is 0 Å². The van der Waals surface area contributed by atoms with Crippen LogP contribution in [0.5, 0.6) is 0 Å². The molecule has 0 bridgehead atoms. The molecule has 0 spiro atoms. The Balaban J connectivity index is 1.80. The molecule has 0 radical (unpaired) electrons. The molecule has 2 heterocycles. The summed E-state index contributed by atoms with van der Waals surface area (Å²) >= 11 is 0. The minimum atomic E-state index is -0.593. The van der Waals surface area contributed by atoms with Gasteiger partial charge in [0.15, 0.2) is 6.61 Å². The summed E-state index contributed by atoms with van der Waals surface area (Å²) in [6.45, 7) is 5.28. The Labute approximate surface area is 145 Å². The van der Waals surface area contributed by atoms with Crippen LogP contribution in [0.1, 0.15) is 36.5 Å². The number of benzene rings is 1. The van der Waals surface area contributed by atoms with E-state index < -0.39 is 5.97 Å². The molecule has 0 unspecified atom stereocenters. The number of amides is 1. The van der Waals surface area contributed by atoms with Gasteiger partial charge >= 0.3 is 5.97 Å². The number of aromatic nitrogens is 2. The van der Waals surface area contributed by atoms with Crippen LogP contribution in [-0.2, 0) is 22.5 Å². The second-order valence-electron chi connectivity index (χ2n) is 5.96. The van der Waals surface area contributed by atoms with Gasteiger partial charge in [0.05, 0.1) is 16.5 Å². The molecular formula is C18H21N3O4. The maximum Gasteiger partial charge on any atom is 0.338 e. The molecule has 3 rings (SSSR count). The number of nitrogens with zero attached hydrogens (tertiary/aromatic N) is 3. The summed E-state index contributed by atoms with van der Waals surface area (Å²) < 4.78 is 6.79. The first-order valence-corrected chi connectivity index (χ1v) is 8.53. The highest BCUT2D eigenvalue weighted by Crippen LogP contribution is 2.16. The molecule has 2 aromatic rings. The van der Waals surface area contributed by atoms with E-state index in [9.17, 15) is 14.4 Å². The Morgan fingerprint density at radius 2 is 2.04 bits per heavy atom. The number of fused-ring (bicyclic) bond motifs is 2. The Morgan fingerprint density at radius 1 is 1.28 bits per heavy atom. The molecule has 1 aliphatic heterocycles. The molecule has 25 heavy (non-hydrogen) atoms. The van der Waals surface area contributed by atoms with Crippen LogP contribution in [0.3, 0.4) is 0 Å². The minimum Gasteiger partial charge on any atom is -0.452 e. The van der Waals surface area contributed by atoms with E-state index in [1.165, 1.54) is 6.07 Å². The third-order valence-electron chi connectivity index (χ3n) is 4.50. The zero-order valence-corrected chi connectivity index (χ0v) is 14.4. The van der Waals surface area contributed by atoms with E-state index in [1.54, 1.807) is 21.6 Å². The van der Waals surface area contributed by atoms with Crippen molar-refractivity contribution in [3.63, 3.8) is 0 Å². The number of aryl methyl sites for hydroxylation is 1. The summed E-state index contributed by atoms with van der Waals surface area (Å²) in [5, 5.41) is 0.487. The van der Waals surface area contributed by atoms with E-state index in [0.29, 0.717) is 30.5 Å². The van der Waals surface area contributed by atoms with E-state index in [2.05, 4.69) is 4.98 Å². The standard InChI is InChI=1S/C18H21N3O4/c1-3-20(4-2)16(22)11-25-18(24)12-7-8-13-14(10-12)19-15-6-5-9-21(15)17(13)23/h7-8,10H,3-6,9,11H2,1-2H3. The summed E-state index contributed by atoms with van der Waals surface area (Å²) in [5.41, 5.74) is 0.700. The average molecular weight is 343 g/mol. The molecule has 1 aromatic carbocycles. The zero-order valence-electron chi connectivity index (χ0n) is 14.4. The molecule has 1 aromatic heterocycles. The fourth-order valence-corrected chi connectivity index (χ4v) is 3.09. The fourth-order valence-electron chi connectivity index (χ4n) is 3.09. The average Bonchev–Trinajstić information content (AvgIpc) is 3.09. The second-order valence-corrected chi connectivity index (χ2v) is 5.96. The molecule has 0 atom stereocenters. The molecule has 0 saturated carbocycles. The number of rotatable bonds is 5. The Kier molecular flexibility index (Phi) is 4.83. The third-order valence-corrected chi connectivity index (χ3v) is 4.50. The molecule has 7 nitrogen and oxygen atoms in total. The summed E-state index contributed by atoms with van der Waals surface area (Å²) in [7, 11) is 0. The number of carbonyl (C=O) groups excluding carboxylic acids is 2. The highest BCUT2D eigenvalue weighted by Gasteiger charge is 2.18. The molecule has 0 fully saturated rings. The van der Waals surface area contributed by atoms with Crippen LogP contribution in [0.2, 0.25) is 0 Å². The van der Waals surface area contributed by atoms with E-state index in [1.807, 2.05) is 13.8 Å². The highest BCUT2D eigenvalue weighted by molar-refractivity contribution is 5.95. The van der Waals surface area contributed by atoms with Gasteiger partial charge in [-0.3, -0.25) is 14.2 Å². The third kappa shape index (κ3) is 3.26. The number of carbonyl (C=O) groups is 2. The lowest BCUT2D eigenvalue weighted by Gasteiger charge is -2.18. The van der Waals surface area contributed by atoms with Gasteiger partial charge in [0.1, 0.15) is 5.82 Å². The van der Waals surface area contributed by atoms with Gasteiger partial charge in [0.25, 0.3) is 11.5 Å². The van der Waals surface area contributed by atoms with E-state index in [-0.39, 0.29) is 23.6 Å². The first-order valence-electron chi connectivity index (χ1n) is 8.53. The van der Waals surface area contributed by atoms with Crippen LogP contribution >= 0.6 is 0 Å². The minimum absolute atomic E-state index is 0.0749. The maximum atomic E-state index is 12.4. The van der Waals surface area contributed by atoms with E-state index >= 15 is 0 Å². The maximum absolute atomic E-state index is 12.4. The predicted octanol–water partition coefficient (Wildman–Crippen LogP) is 1.37. The lowest BCUT2D eigenvalue weighted by molar-refractivity contribution is -0.134. The van der Waals surface area contributed by atoms with Crippen molar-refractivity contribution >= 4 is 22.8 Å². The topological polar surface area (TPSA) is 81.5 Å². The van der Waals surface area contributed by atoms with Crippen LogP contribution in [0.15, 0.2) is 23.0 Å². The number of likely N-dealkylation sites (N-methyl/N-ethyl adjacent to an activating group) is 1. The van der Waals surface area contributed by atoms with Crippen LogP contribution in [0.25, 0.3) is 10.9 Å². The quantitative estimate of drug-likeness (QED) is 0.766. The van der Waals surface area contributed by atoms with Gasteiger partial charge in [-0.15, -0.1) is 0 Å². The first-order chi connectivity index (χ1) is 12.0. The predicted molar refractivity (Wildman–Crippen MR) is 92.5 cm³/mol. The summed E-state index contributed by atoms with van der Waals surface area (Å²) in [5.74, 6) is -0.0714. The van der Waals surface area contributed by atoms with Crippen molar-refractivity contribution < 1.29 is 14.3 Å². The summed E-state index contributed by atoms with van der Waals surface area (Å²) in [6, 6.07) is 4.69. The van der Waals surface area contributed by atoms with Crippen molar-refractivity contribution in [2.75, 3.05) is 19.7 Å². The molecule has 132 valence electrons. The molecule has 0 N–H and O–H groups in total. The Hall–Kier alpha value is -2.70. The van der Waals surface area contributed by atoms with E-state index in [0.717, 1.165) is 18.7 Å². The summed E-state index contributed by atoms with van der Waals surface area (Å²) in [4.78, 5) is 42.6. The monoisotopic (exact) mass is 343 g/mol. The van der Waals surface area contributed by atoms with Crippen molar-refractivity contribution in [3.8, 4) is 0 Å². The number of hydrogen-bond donors (Lipinski definition) is 0. The smallest absolute Gasteiger partial charge is 0.338 e. The molecule has 0 saturated heterocycles. The molecule has 0 aliphatic carbocycles. The van der Waals surface area contributed by atoms with Gasteiger partial charge in [0.2, 0.25) is 0 Å². The van der Waals surface area contributed by atoms with Crippen LogP contribution in [0, 0.1) is 0 Å². The zero-order chi connectivity index (χ0) is 18.0. The molecular weight excluding hydrogens is 322 g/mol. The van der Waals surface area contributed by atoms with Crippen molar-refractivity contribution in [3.05, 3.63) is 39.9 Å².